The van der Waals surface area contributed by atoms with Gasteiger partial charge in [0.1, 0.15) is 0 Å². The lowest BCUT2D eigenvalue weighted by Gasteiger charge is -2.34. The molecule has 1 aliphatic carbocycles. The van der Waals surface area contributed by atoms with Crippen LogP contribution in [0.3, 0.4) is 0 Å². The normalized spacial score (nSPS) is 11.9. The minimum absolute atomic E-state index is 0.00176. The van der Waals surface area contributed by atoms with Gasteiger partial charge in [-0.2, -0.15) is 0 Å². The maximum atomic E-state index is 11.9. The quantitative estimate of drug-likeness (QED) is 0.124. The van der Waals surface area contributed by atoms with E-state index in [1.807, 2.05) is 30.3 Å². The van der Waals surface area contributed by atoms with Gasteiger partial charge in [-0.15, -0.1) is 0 Å². The highest BCUT2D eigenvalue weighted by atomic mass is 127. The second-order valence-electron chi connectivity index (χ2n) is 13.3. The Labute approximate surface area is 396 Å². The highest BCUT2D eigenvalue weighted by molar-refractivity contribution is 14.1. The van der Waals surface area contributed by atoms with Crippen LogP contribution >= 0.6 is 110 Å². The van der Waals surface area contributed by atoms with Crippen molar-refractivity contribution in [2.24, 2.45) is 0 Å². The average Bonchev–Trinajstić information content (AvgIpc) is 3.51. The van der Waals surface area contributed by atoms with Crippen LogP contribution in [-0.4, -0.2) is 5.78 Å². The van der Waals surface area contributed by atoms with Crippen LogP contribution in [0.1, 0.15) is 38.2 Å². The topological polar surface area (TPSA) is 17.1 Å². The fourth-order valence-corrected chi connectivity index (χ4v) is 10.2. The second-order valence-corrected chi connectivity index (χ2v) is 19.0. The van der Waals surface area contributed by atoms with Gasteiger partial charge in [0, 0.05) is 42.6 Å². The third-order valence-electron chi connectivity index (χ3n) is 9.73. The van der Waals surface area contributed by atoms with Crippen molar-refractivity contribution < 1.29 is 4.79 Å². The van der Waals surface area contributed by atoms with Crippen LogP contribution in [-0.2, 0) is 5.41 Å². The third-order valence-corrected chi connectivity index (χ3v) is 13.1. The summed E-state index contributed by atoms with van der Waals surface area (Å²) in [6.07, 6.45) is 0. The number of fused-ring (bicyclic) bond motifs is 3. The van der Waals surface area contributed by atoms with Crippen LogP contribution in [0, 0.1) is 3.57 Å². The summed E-state index contributed by atoms with van der Waals surface area (Å²) >= 11 is 29.0. The Kier molecular flexibility index (Phi) is 14.3. The number of hydrogen-bond acceptors (Lipinski definition) is 1. The van der Waals surface area contributed by atoms with E-state index in [9.17, 15) is 4.79 Å². The van der Waals surface area contributed by atoms with Gasteiger partial charge in [0.15, 0.2) is 5.78 Å². The van der Waals surface area contributed by atoms with Gasteiger partial charge in [0.05, 0.1) is 5.41 Å². The summed E-state index contributed by atoms with van der Waals surface area (Å²) in [7, 11) is 0. The first-order valence-electron chi connectivity index (χ1n) is 18.0. The zero-order valence-corrected chi connectivity index (χ0v) is 40.5. The first kappa shape index (κ1) is 42.8. The Morgan fingerprint density at radius 1 is 0.431 bits per heavy atom. The van der Waals surface area contributed by atoms with Crippen molar-refractivity contribution in [2.75, 3.05) is 0 Å². The van der Waals surface area contributed by atoms with Gasteiger partial charge in [0.2, 0.25) is 0 Å². The van der Waals surface area contributed by atoms with Crippen LogP contribution < -0.4 is 0 Å². The van der Waals surface area contributed by atoms with Crippen molar-refractivity contribution in [1.82, 2.24) is 0 Å². The van der Waals surface area contributed by atoms with E-state index in [4.69, 9.17) is 23.2 Å². The van der Waals surface area contributed by atoms with Crippen molar-refractivity contribution in [3.8, 4) is 22.3 Å². The molecule has 8 aromatic rings. The molecule has 8 heteroatoms. The molecule has 0 atom stereocenters. The molecular weight excluding hydrogens is 1130 g/mol. The van der Waals surface area contributed by atoms with Gasteiger partial charge < -0.3 is 0 Å². The van der Waals surface area contributed by atoms with E-state index in [-0.39, 0.29) is 5.78 Å². The minimum Gasteiger partial charge on any atom is -0.289 e. The van der Waals surface area contributed by atoms with E-state index < -0.39 is 5.41 Å². The standard InChI is InChI=1S/C25H15Br2Cl.C13H9ClO.C12H7Br2I/c26-18-9-11-21-22-12-10-19(27)15-24(22)25(23(21)14-18,16-5-2-1-3-6-16)17-7-4-8-20(28)13-17;14-12-8-4-7-11(9-12)13(15)10-5-2-1-3-6-10;13-9-3-1-8(2-4-9)11-6-5-10(14)7-12(11)15/h1-15H;1-9H;1-7H. The summed E-state index contributed by atoms with van der Waals surface area (Å²) < 4.78 is 5.62. The highest BCUT2D eigenvalue weighted by Gasteiger charge is 2.46. The van der Waals surface area contributed by atoms with Crippen molar-refractivity contribution in [2.45, 2.75) is 5.41 Å². The Hall–Kier alpha value is -3.34. The summed E-state index contributed by atoms with van der Waals surface area (Å²) in [6, 6.07) is 62.9. The fraction of sp³-hybridized carbons (Fsp3) is 0.0200. The van der Waals surface area contributed by atoms with E-state index in [0.29, 0.717) is 16.1 Å². The molecule has 1 nitrogen and oxygen atoms in total. The van der Waals surface area contributed by atoms with E-state index in [2.05, 4.69) is 208 Å². The number of ketones is 1. The number of carbonyl (C=O) groups excluding carboxylic acids is 1. The number of halogens is 7. The molecule has 9 rings (SSSR count). The molecule has 0 spiro atoms. The molecule has 0 aliphatic heterocycles. The predicted octanol–water partition coefficient (Wildman–Crippen LogP) is 17.3. The first-order valence-corrected chi connectivity index (χ1v) is 23.0. The molecule has 0 fully saturated rings. The zero-order chi connectivity index (χ0) is 40.8. The molecule has 0 unspecified atom stereocenters. The molecule has 0 radical (unpaired) electrons. The Balaban J connectivity index is 0.000000145. The molecule has 0 amide bonds. The van der Waals surface area contributed by atoms with Crippen LogP contribution in [0.4, 0.5) is 0 Å². The van der Waals surface area contributed by atoms with Crippen molar-refractivity contribution >= 4 is 115 Å². The second kappa shape index (κ2) is 19.4. The molecule has 0 N–H and O–H groups in total. The Morgan fingerprint density at radius 2 is 0.897 bits per heavy atom. The van der Waals surface area contributed by atoms with Gasteiger partial charge >= 0.3 is 0 Å². The number of rotatable bonds is 5. The largest absolute Gasteiger partial charge is 0.289 e. The Bertz CT molecular complexity index is 2670. The highest BCUT2D eigenvalue weighted by Crippen LogP contribution is 2.57. The molecule has 0 saturated heterocycles. The van der Waals surface area contributed by atoms with E-state index >= 15 is 0 Å². The van der Waals surface area contributed by atoms with Crippen LogP contribution in [0.25, 0.3) is 22.3 Å². The molecule has 0 aromatic heterocycles. The van der Waals surface area contributed by atoms with E-state index in [1.165, 1.54) is 48.1 Å². The number of carbonyl (C=O) groups is 1. The molecule has 286 valence electrons. The molecule has 0 heterocycles. The number of hydrogen-bond donors (Lipinski definition) is 0. The molecule has 58 heavy (non-hydrogen) atoms. The van der Waals surface area contributed by atoms with Crippen molar-refractivity contribution in [3.63, 3.8) is 0 Å². The Morgan fingerprint density at radius 3 is 1.45 bits per heavy atom. The zero-order valence-electron chi connectivity index (χ0n) is 30.5. The average molecular weight is 1170 g/mol. The molecule has 0 bridgehead atoms. The summed E-state index contributed by atoms with van der Waals surface area (Å²) in [4.78, 5) is 11.9. The summed E-state index contributed by atoms with van der Waals surface area (Å²) in [6.45, 7) is 0. The van der Waals surface area contributed by atoms with Gasteiger partial charge in [-0.25, -0.2) is 0 Å². The summed E-state index contributed by atoms with van der Waals surface area (Å²) in [5.41, 5.74) is 10.8. The minimum atomic E-state index is -0.426. The summed E-state index contributed by atoms with van der Waals surface area (Å²) in [5.74, 6) is -0.00176. The van der Waals surface area contributed by atoms with Crippen LogP contribution in [0.2, 0.25) is 10.0 Å². The van der Waals surface area contributed by atoms with E-state index in [0.717, 1.165) is 22.9 Å². The SMILES string of the molecule is Brc1ccc(-c2ccc(Br)cc2I)cc1.Clc1cccc(C2(c3ccccc3)c3cc(Br)ccc3-c3ccc(Br)cc32)c1.O=C(c1ccccc1)c1cccc(Cl)c1. The predicted molar refractivity (Wildman–Crippen MR) is 265 cm³/mol. The van der Waals surface area contributed by atoms with Gasteiger partial charge in [-0.3, -0.25) is 4.79 Å². The number of benzene rings is 8. The lowest BCUT2D eigenvalue weighted by Crippen LogP contribution is -2.28. The van der Waals surface area contributed by atoms with Crippen LogP contribution in [0.5, 0.6) is 0 Å². The molecule has 1 aliphatic rings. The maximum Gasteiger partial charge on any atom is 0.193 e. The summed E-state index contributed by atoms with van der Waals surface area (Å²) in [5, 5.41) is 1.32. The first-order chi connectivity index (χ1) is 28.0. The fourth-order valence-electron chi connectivity index (χ4n) is 7.21. The smallest absolute Gasteiger partial charge is 0.193 e. The van der Waals surface area contributed by atoms with Gasteiger partial charge in [-0.05, 0) is 140 Å². The van der Waals surface area contributed by atoms with Crippen molar-refractivity contribution in [1.29, 1.82) is 0 Å². The van der Waals surface area contributed by atoms with Gasteiger partial charge in [-0.1, -0.05) is 202 Å². The molecule has 0 saturated carbocycles. The van der Waals surface area contributed by atoms with Crippen molar-refractivity contribution in [3.05, 3.63) is 253 Å². The lowest BCUT2D eigenvalue weighted by molar-refractivity contribution is 0.103. The third kappa shape index (κ3) is 9.49. The van der Waals surface area contributed by atoms with Gasteiger partial charge in [0.25, 0.3) is 0 Å². The van der Waals surface area contributed by atoms with Crippen LogP contribution in [0.15, 0.2) is 206 Å². The maximum absolute atomic E-state index is 11.9. The lowest BCUT2D eigenvalue weighted by atomic mass is 9.68. The monoisotopic (exact) mass is 1160 g/mol. The molecule has 8 aromatic carbocycles. The molecular formula is C50H31Br4Cl2IO. The van der Waals surface area contributed by atoms with E-state index in [1.54, 1.807) is 36.4 Å².